The van der Waals surface area contributed by atoms with Crippen LogP contribution in [-0.4, -0.2) is 22.8 Å². The van der Waals surface area contributed by atoms with Gasteiger partial charge in [-0.05, 0) is 6.92 Å². The minimum atomic E-state index is 0.205. The number of aromatic nitrogens is 2. The van der Waals surface area contributed by atoms with E-state index >= 15 is 0 Å². The van der Waals surface area contributed by atoms with Crippen molar-refractivity contribution >= 4 is 17.9 Å². The first-order valence-corrected chi connectivity index (χ1v) is 3.59. The zero-order valence-electron chi connectivity index (χ0n) is 6.74. The first-order chi connectivity index (χ1) is 5.79. The van der Waals surface area contributed by atoms with E-state index < -0.39 is 0 Å². The molecule has 0 aliphatic rings. The summed E-state index contributed by atoms with van der Waals surface area (Å²) in [5, 5.41) is 2.91. The van der Waals surface area contributed by atoms with Gasteiger partial charge in [0.05, 0.1) is 5.56 Å². The normalized spacial score (nSPS) is 9.42. The van der Waals surface area contributed by atoms with Gasteiger partial charge in [0.1, 0.15) is 18.0 Å². The number of aldehydes is 1. The van der Waals surface area contributed by atoms with Gasteiger partial charge in [-0.3, -0.25) is 4.79 Å². The standard InChI is InChI=1S/C7H10N4O/c1-2-9-7-5(3-12)6(8)10-4-11-7/h3-4H,2H2,1H3,(H3,8,9,10,11). The maximum atomic E-state index is 10.5. The molecular weight excluding hydrogens is 156 g/mol. The van der Waals surface area contributed by atoms with Crippen LogP contribution in [0.15, 0.2) is 6.33 Å². The highest BCUT2D eigenvalue weighted by molar-refractivity contribution is 5.88. The lowest BCUT2D eigenvalue weighted by Gasteiger charge is -2.04. The van der Waals surface area contributed by atoms with Crippen molar-refractivity contribution in [1.82, 2.24) is 9.97 Å². The lowest BCUT2D eigenvalue weighted by Crippen LogP contribution is -2.06. The number of hydrogen-bond donors (Lipinski definition) is 2. The number of anilines is 2. The Morgan fingerprint density at radius 1 is 1.67 bits per heavy atom. The molecule has 1 aromatic heterocycles. The Morgan fingerprint density at radius 3 is 3.00 bits per heavy atom. The van der Waals surface area contributed by atoms with Crippen molar-refractivity contribution in [1.29, 1.82) is 0 Å². The van der Waals surface area contributed by atoms with Crippen LogP contribution in [-0.2, 0) is 0 Å². The second kappa shape index (κ2) is 3.66. The number of rotatable bonds is 3. The molecule has 0 saturated heterocycles. The van der Waals surface area contributed by atoms with Gasteiger partial charge in [-0.25, -0.2) is 9.97 Å². The Morgan fingerprint density at radius 2 is 2.42 bits per heavy atom. The van der Waals surface area contributed by atoms with E-state index in [0.717, 1.165) is 0 Å². The quantitative estimate of drug-likeness (QED) is 0.631. The average Bonchev–Trinajstić information content (AvgIpc) is 2.05. The number of nitrogens with one attached hydrogen (secondary N) is 1. The average molecular weight is 166 g/mol. The van der Waals surface area contributed by atoms with Crippen LogP contribution in [0.5, 0.6) is 0 Å². The third kappa shape index (κ3) is 1.50. The molecule has 12 heavy (non-hydrogen) atoms. The molecule has 0 bridgehead atoms. The summed E-state index contributed by atoms with van der Waals surface area (Å²) >= 11 is 0. The van der Waals surface area contributed by atoms with Gasteiger partial charge in [-0.2, -0.15) is 0 Å². The number of hydrogen-bond acceptors (Lipinski definition) is 5. The lowest BCUT2D eigenvalue weighted by molar-refractivity contribution is 0.112. The predicted molar refractivity (Wildman–Crippen MR) is 46.0 cm³/mol. The fraction of sp³-hybridized carbons (Fsp3) is 0.286. The van der Waals surface area contributed by atoms with Crippen molar-refractivity contribution in [3.05, 3.63) is 11.9 Å². The molecule has 0 aliphatic heterocycles. The molecule has 0 aliphatic carbocycles. The van der Waals surface area contributed by atoms with Crippen molar-refractivity contribution in [2.45, 2.75) is 6.92 Å². The summed E-state index contributed by atoms with van der Waals surface area (Å²) in [6, 6.07) is 0. The summed E-state index contributed by atoms with van der Waals surface area (Å²) in [6.07, 6.45) is 1.97. The van der Waals surface area contributed by atoms with Crippen molar-refractivity contribution in [2.24, 2.45) is 0 Å². The van der Waals surface area contributed by atoms with E-state index in [2.05, 4.69) is 15.3 Å². The Balaban J connectivity index is 3.09. The Kier molecular flexibility index (Phi) is 2.57. The van der Waals surface area contributed by atoms with Crippen LogP contribution in [0, 0.1) is 0 Å². The second-order valence-electron chi connectivity index (χ2n) is 2.17. The van der Waals surface area contributed by atoms with Gasteiger partial charge >= 0.3 is 0 Å². The molecule has 1 heterocycles. The maximum Gasteiger partial charge on any atom is 0.157 e. The van der Waals surface area contributed by atoms with E-state index in [1.54, 1.807) is 0 Å². The summed E-state index contributed by atoms with van der Waals surface area (Å²) in [6.45, 7) is 2.60. The van der Waals surface area contributed by atoms with Crippen LogP contribution >= 0.6 is 0 Å². The Labute approximate surface area is 70.0 Å². The first kappa shape index (κ1) is 8.45. The third-order valence-electron chi connectivity index (χ3n) is 1.38. The van der Waals surface area contributed by atoms with E-state index in [1.807, 2.05) is 6.92 Å². The molecular formula is C7H10N4O. The zero-order chi connectivity index (χ0) is 8.97. The highest BCUT2D eigenvalue weighted by Gasteiger charge is 2.05. The van der Waals surface area contributed by atoms with Gasteiger partial charge in [-0.1, -0.05) is 0 Å². The summed E-state index contributed by atoms with van der Waals surface area (Å²) in [7, 11) is 0. The fourth-order valence-electron chi connectivity index (χ4n) is 0.834. The van der Waals surface area contributed by atoms with E-state index in [4.69, 9.17) is 5.73 Å². The van der Waals surface area contributed by atoms with Crippen LogP contribution in [0.2, 0.25) is 0 Å². The minimum Gasteiger partial charge on any atom is -0.383 e. The number of carbonyl (C=O) groups is 1. The largest absolute Gasteiger partial charge is 0.383 e. The Bertz CT molecular complexity index is 287. The van der Waals surface area contributed by atoms with Crippen LogP contribution in [0.1, 0.15) is 17.3 Å². The highest BCUT2D eigenvalue weighted by Crippen LogP contribution is 2.13. The summed E-state index contributed by atoms with van der Waals surface area (Å²) < 4.78 is 0. The summed E-state index contributed by atoms with van der Waals surface area (Å²) in [4.78, 5) is 18.1. The highest BCUT2D eigenvalue weighted by atomic mass is 16.1. The molecule has 0 aromatic carbocycles. The van der Waals surface area contributed by atoms with Gasteiger partial charge in [0, 0.05) is 6.54 Å². The molecule has 0 saturated carbocycles. The van der Waals surface area contributed by atoms with E-state index in [0.29, 0.717) is 24.2 Å². The smallest absolute Gasteiger partial charge is 0.157 e. The molecule has 1 rings (SSSR count). The van der Waals surface area contributed by atoms with Crippen LogP contribution in [0.4, 0.5) is 11.6 Å². The lowest BCUT2D eigenvalue weighted by atomic mass is 10.3. The fourth-order valence-corrected chi connectivity index (χ4v) is 0.834. The molecule has 3 N–H and O–H groups in total. The Hall–Kier alpha value is -1.65. The van der Waals surface area contributed by atoms with Crippen LogP contribution in [0.3, 0.4) is 0 Å². The van der Waals surface area contributed by atoms with Crippen molar-refractivity contribution in [3.63, 3.8) is 0 Å². The molecule has 0 unspecified atom stereocenters. The van der Waals surface area contributed by atoms with E-state index in [1.165, 1.54) is 6.33 Å². The third-order valence-corrected chi connectivity index (χ3v) is 1.38. The number of nitrogens with zero attached hydrogens (tertiary/aromatic N) is 2. The summed E-state index contributed by atoms with van der Waals surface area (Å²) in [5.74, 6) is 0.691. The molecule has 0 fully saturated rings. The van der Waals surface area contributed by atoms with E-state index in [9.17, 15) is 4.79 Å². The summed E-state index contributed by atoms with van der Waals surface area (Å²) in [5.41, 5.74) is 5.76. The SMILES string of the molecule is CCNc1ncnc(N)c1C=O. The molecule has 0 radical (unpaired) electrons. The number of nitrogen functional groups attached to an aromatic ring is 1. The van der Waals surface area contributed by atoms with Gasteiger partial charge in [0.15, 0.2) is 6.29 Å². The molecule has 5 heteroatoms. The molecule has 0 spiro atoms. The predicted octanol–water partition coefficient (Wildman–Crippen LogP) is 0.303. The molecule has 5 nitrogen and oxygen atoms in total. The van der Waals surface area contributed by atoms with Crippen molar-refractivity contribution < 1.29 is 4.79 Å². The molecule has 0 amide bonds. The molecule has 0 atom stereocenters. The number of nitrogens with two attached hydrogens (primary N) is 1. The topological polar surface area (TPSA) is 80.9 Å². The van der Waals surface area contributed by atoms with Gasteiger partial charge < -0.3 is 11.1 Å². The second-order valence-corrected chi connectivity index (χ2v) is 2.17. The van der Waals surface area contributed by atoms with Crippen LogP contribution in [0.25, 0.3) is 0 Å². The monoisotopic (exact) mass is 166 g/mol. The maximum absolute atomic E-state index is 10.5. The zero-order valence-corrected chi connectivity index (χ0v) is 6.74. The number of carbonyl (C=O) groups excluding carboxylic acids is 1. The van der Waals surface area contributed by atoms with Gasteiger partial charge in [-0.15, -0.1) is 0 Å². The van der Waals surface area contributed by atoms with Crippen LogP contribution < -0.4 is 11.1 Å². The van der Waals surface area contributed by atoms with Crippen molar-refractivity contribution in [3.8, 4) is 0 Å². The minimum absolute atomic E-state index is 0.205. The van der Waals surface area contributed by atoms with Crippen molar-refractivity contribution in [2.75, 3.05) is 17.6 Å². The first-order valence-electron chi connectivity index (χ1n) is 3.59. The van der Waals surface area contributed by atoms with Gasteiger partial charge in [0.25, 0.3) is 0 Å². The van der Waals surface area contributed by atoms with Gasteiger partial charge in [0.2, 0.25) is 0 Å². The molecule has 1 aromatic rings. The molecule has 64 valence electrons. The van der Waals surface area contributed by atoms with E-state index in [-0.39, 0.29) is 5.82 Å².